The first-order valence-corrected chi connectivity index (χ1v) is 7.36. The Morgan fingerprint density at radius 1 is 1.21 bits per heavy atom. The summed E-state index contributed by atoms with van der Waals surface area (Å²) in [7, 11) is -4.99. The monoisotopic (exact) mass is 294 g/mol. The van der Waals surface area contributed by atoms with Crippen molar-refractivity contribution in [2.75, 3.05) is 6.67 Å². The molecule has 0 amide bonds. The lowest BCUT2D eigenvalue weighted by Gasteiger charge is -2.24. The van der Waals surface area contributed by atoms with Gasteiger partial charge in [0.15, 0.2) is 6.67 Å². The average Bonchev–Trinajstić information content (AvgIpc) is 2.38. The maximum absolute atomic E-state index is 13.2. The standard InChI is InChI=1S/C13H17F3O2S/c1-4-12(2,3)10-6-5-7-11(8-10)19(17,18)13(15,16)9-14/h5-8H,4,9H2,1-3H3. The highest BCUT2D eigenvalue weighted by Crippen LogP contribution is 2.33. The Balaban J connectivity index is 3.36. The molecular weight excluding hydrogens is 277 g/mol. The first-order valence-electron chi connectivity index (χ1n) is 5.87. The number of benzene rings is 1. The van der Waals surface area contributed by atoms with Crippen molar-refractivity contribution in [2.45, 2.75) is 42.8 Å². The molecule has 0 N–H and O–H groups in total. The van der Waals surface area contributed by atoms with E-state index < -0.39 is 26.7 Å². The van der Waals surface area contributed by atoms with Gasteiger partial charge >= 0.3 is 5.25 Å². The van der Waals surface area contributed by atoms with Crippen LogP contribution in [0.25, 0.3) is 0 Å². The molecule has 1 aromatic rings. The Morgan fingerprint density at radius 3 is 2.26 bits per heavy atom. The first kappa shape index (κ1) is 16.0. The topological polar surface area (TPSA) is 34.1 Å². The van der Waals surface area contributed by atoms with E-state index in [0.29, 0.717) is 5.56 Å². The zero-order valence-electron chi connectivity index (χ0n) is 11.1. The Labute approximate surface area is 111 Å². The van der Waals surface area contributed by atoms with Crippen LogP contribution >= 0.6 is 0 Å². The molecule has 0 bridgehead atoms. The van der Waals surface area contributed by atoms with Crippen molar-refractivity contribution in [1.29, 1.82) is 0 Å². The van der Waals surface area contributed by atoms with Crippen LogP contribution in [0.4, 0.5) is 13.2 Å². The molecule has 19 heavy (non-hydrogen) atoms. The lowest BCUT2D eigenvalue weighted by atomic mass is 9.82. The molecule has 2 nitrogen and oxygen atoms in total. The van der Waals surface area contributed by atoms with Crippen molar-refractivity contribution < 1.29 is 21.6 Å². The van der Waals surface area contributed by atoms with Crippen LogP contribution in [0.3, 0.4) is 0 Å². The van der Waals surface area contributed by atoms with Crippen molar-refractivity contribution in [2.24, 2.45) is 0 Å². The molecule has 0 saturated heterocycles. The number of hydrogen-bond donors (Lipinski definition) is 0. The van der Waals surface area contributed by atoms with E-state index in [4.69, 9.17) is 0 Å². The third-order valence-corrected chi connectivity index (χ3v) is 5.13. The first-order chi connectivity index (χ1) is 8.58. The van der Waals surface area contributed by atoms with E-state index in [1.807, 2.05) is 20.8 Å². The normalized spacial score (nSPS) is 13.6. The summed E-state index contributed by atoms with van der Waals surface area (Å²) in [5.74, 6) is 0. The van der Waals surface area contributed by atoms with Gasteiger partial charge in [0.05, 0.1) is 4.90 Å². The smallest absolute Gasteiger partial charge is 0.243 e. The highest BCUT2D eigenvalue weighted by Gasteiger charge is 2.46. The number of halogens is 3. The number of sulfone groups is 1. The molecule has 1 aromatic carbocycles. The van der Waals surface area contributed by atoms with Gasteiger partial charge in [0.25, 0.3) is 0 Å². The largest absolute Gasteiger partial charge is 0.377 e. The highest BCUT2D eigenvalue weighted by molar-refractivity contribution is 7.92. The van der Waals surface area contributed by atoms with E-state index in [9.17, 15) is 21.6 Å². The summed E-state index contributed by atoms with van der Waals surface area (Å²) in [6.45, 7) is 3.45. The van der Waals surface area contributed by atoms with Crippen LogP contribution in [0.5, 0.6) is 0 Å². The quantitative estimate of drug-likeness (QED) is 0.829. The second-order valence-electron chi connectivity index (χ2n) is 5.04. The molecule has 0 spiro atoms. The van der Waals surface area contributed by atoms with Gasteiger partial charge in [-0.15, -0.1) is 0 Å². The Bertz CT molecular complexity index is 551. The van der Waals surface area contributed by atoms with Crippen molar-refractivity contribution in [1.82, 2.24) is 0 Å². The van der Waals surface area contributed by atoms with Crippen molar-refractivity contribution in [3.05, 3.63) is 29.8 Å². The fourth-order valence-electron chi connectivity index (χ4n) is 1.53. The number of alkyl halides is 3. The van der Waals surface area contributed by atoms with E-state index in [2.05, 4.69) is 0 Å². The van der Waals surface area contributed by atoms with Crippen LogP contribution < -0.4 is 0 Å². The SMILES string of the molecule is CCC(C)(C)c1cccc(S(=O)(=O)C(F)(F)CF)c1. The second kappa shape index (κ2) is 5.15. The highest BCUT2D eigenvalue weighted by atomic mass is 32.2. The van der Waals surface area contributed by atoms with Crippen LogP contribution in [-0.2, 0) is 15.3 Å². The van der Waals surface area contributed by atoms with E-state index in [1.54, 1.807) is 6.07 Å². The van der Waals surface area contributed by atoms with E-state index in [1.165, 1.54) is 12.1 Å². The molecule has 1 rings (SSSR count). The van der Waals surface area contributed by atoms with Gasteiger partial charge in [-0.3, -0.25) is 0 Å². The molecule has 108 valence electrons. The van der Waals surface area contributed by atoms with Gasteiger partial charge in [-0.25, -0.2) is 12.8 Å². The summed E-state index contributed by atoms with van der Waals surface area (Å²) < 4.78 is 61.9. The molecule has 0 saturated carbocycles. The average molecular weight is 294 g/mol. The summed E-state index contributed by atoms with van der Waals surface area (Å²) in [6, 6.07) is 5.33. The zero-order valence-corrected chi connectivity index (χ0v) is 11.9. The maximum Gasteiger partial charge on any atom is 0.377 e. The number of hydrogen-bond acceptors (Lipinski definition) is 2. The molecule has 0 fully saturated rings. The molecule has 0 radical (unpaired) electrons. The Hall–Kier alpha value is -1.04. The van der Waals surface area contributed by atoms with Gasteiger partial charge in [0.1, 0.15) is 0 Å². The minimum absolute atomic E-state index is 0.337. The van der Waals surface area contributed by atoms with Crippen LogP contribution in [0.15, 0.2) is 29.2 Å². The van der Waals surface area contributed by atoms with E-state index >= 15 is 0 Å². The molecule has 0 aliphatic heterocycles. The maximum atomic E-state index is 13.2. The second-order valence-corrected chi connectivity index (χ2v) is 7.12. The van der Waals surface area contributed by atoms with Gasteiger partial charge in [-0.05, 0) is 29.5 Å². The predicted octanol–water partition coefficient (Wildman–Crippen LogP) is 3.71. The summed E-state index contributed by atoms with van der Waals surface area (Å²) in [4.78, 5) is -0.547. The van der Waals surface area contributed by atoms with Gasteiger partial charge in [0, 0.05) is 0 Å². The summed E-state index contributed by atoms with van der Waals surface area (Å²) in [5.41, 5.74) is 0.294. The van der Waals surface area contributed by atoms with E-state index in [0.717, 1.165) is 12.5 Å². The van der Waals surface area contributed by atoms with Crippen LogP contribution in [-0.4, -0.2) is 20.3 Å². The van der Waals surface area contributed by atoms with Crippen molar-refractivity contribution in [3.63, 3.8) is 0 Å². The minimum atomic E-state index is -4.99. The Morgan fingerprint density at radius 2 is 1.79 bits per heavy atom. The summed E-state index contributed by atoms with van der Waals surface area (Å²) in [6.07, 6.45) is 0.718. The Kier molecular flexibility index (Phi) is 4.34. The lowest BCUT2D eigenvalue weighted by Crippen LogP contribution is -2.31. The fraction of sp³-hybridized carbons (Fsp3) is 0.538. The molecule has 0 atom stereocenters. The van der Waals surface area contributed by atoms with Crippen LogP contribution in [0, 0.1) is 0 Å². The van der Waals surface area contributed by atoms with Crippen LogP contribution in [0.1, 0.15) is 32.8 Å². The molecule has 0 aliphatic rings. The molecule has 0 heterocycles. The van der Waals surface area contributed by atoms with Crippen molar-refractivity contribution >= 4 is 9.84 Å². The summed E-state index contributed by atoms with van der Waals surface area (Å²) >= 11 is 0. The van der Waals surface area contributed by atoms with E-state index in [-0.39, 0.29) is 5.41 Å². The molecule has 0 aliphatic carbocycles. The van der Waals surface area contributed by atoms with Gasteiger partial charge in [-0.1, -0.05) is 32.9 Å². The summed E-state index contributed by atoms with van der Waals surface area (Å²) in [5, 5.41) is -4.39. The predicted molar refractivity (Wildman–Crippen MR) is 67.9 cm³/mol. The number of rotatable bonds is 5. The van der Waals surface area contributed by atoms with Crippen LogP contribution in [0.2, 0.25) is 0 Å². The molecular formula is C13H17F3O2S. The molecule has 6 heteroatoms. The molecule has 0 unspecified atom stereocenters. The fourth-order valence-corrected chi connectivity index (χ4v) is 2.56. The zero-order chi connectivity index (χ0) is 14.9. The lowest BCUT2D eigenvalue weighted by molar-refractivity contribution is 0.0620. The third-order valence-electron chi connectivity index (χ3n) is 3.36. The minimum Gasteiger partial charge on any atom is -0.243 e. The van der Waals surface area contributed by atoms with Gasteiger partial charge in [0.2, 0.25) is 9.84 Å². The third kappa shape index (κ3) is 2.94. The van der Waals surface area contributed by atoms with Crippen molar-refractivity contribution in [3.8, 4) is 0 Å². The van der Waals surface area contributed by atoms with Gasteiger partial charge < -0.3 is 0 Å². The van der Waals surface area contributed by atoms with Gasteiger partial charge in [-0.2, -0.15) is 8.78 Å². The molecule has 0 aromatic heterocycles.